The molecular weight excluding hydrogens is 256 g/mol. The van der Waals surface area contributed by atoms with Crippen LogP contribution in [0.25, 0.3) is 0 Å². The van der Waals surface area contributed by atoms with Gasteiger partial charge in [0, 0.05) is 31.5 Å². The number of amides is 1. The highest BCUT2D eigenvalue weighted by molar-refractivity contribution is 7.91. The van der Waals surface area contributed by atoms with Crippen LogP contribution in [0.1, 0.15) is 16.8 Å². The molecule has 2 heterocycles. The second-order valence-electron chi connectivity index (χ2n) is 4.40. The van der Waals surface area contributed by atoms with Crippen molar-refractivity contribution < 1.29 is 13.2 Å². The average Bonchev–Trinajstić information content (AvgIpc) is 2.68. The Labute approximate surface area is 105 Å². The predicted molar refractivity (Wildman–Crippen MR) is 66.2 cm³/mol. The molecule has 7 heteroatoms. The van der Waals surface area contributed by atoms with E-state index in [0.29, 0.717) is 6.42 Å². The zero-order valence-corrected chi connectivity index (χ0v) is 10.7. The zero-order chi connectivity index (χ0) is 13.3. The van der Waals surface area contributed by atoms with Crippen molar-refractivity contribution in [1.82, 2.24) is 9.88 Å². The number of pyridine rings is 1. The Balaban J connectivity index is 2.21. The molecule has 0 radical (unpaired) electrons. The molecule has 0 aromatic carbocycles. The molecule has 1 aliphatic rings. The third-order valence-corrected chi connectivity index (χ3v) is 4.88. The Hall–Kier alpha value is -1.63. The molecule has 1 amide bonds. The molecule has 1 N–H and O–H groups in total. The third kappa shape index (κ3) is 2.45. The highest BCUT2D eigenvalue weighted by Crippen LogP contribution is 2.17. The molecule has 1 unspecified atom stereocenters. The SMILES string of the molecule is CN(C(=O)c1c[nH]ccc1=O)C1CCS(=O)(=O)C1. The number of hydrogen-bond acceptors (Lipinski definition) is 4. The van der Waals surface area contributed by atoms with Crippen LogP contribution >= 0.6 is 0 Å². The Kier molecular flexibility index (Phi) is 3.25. The fraction of sp³-hybridized carbons (Fsp3) is 0.455. The van der Waals surface area contributed by atoms with Crippen molar-refractivity contribution in [2.75, 3.05) is 18.6 Å². The lowest BCUT2D eigenvalue weighted by molar-refractivity contribution is 0.0746. The minimum atomic E-state index is -3.05. The van der Waals surface area contributed by atoms with Crippen molar-refractivity contribution in [3.63, 3.8) is 0 Å². The molecule has 1 aliphatic heterocycles. The highest BCUT2D eigenvalue weighted by atomic mass is 32.2. The maximum absolute atomic E-state index is 12.1. The molecule has 0 aliphatic carbocycles. The Bertz CT molecular complexity index is 620. The molecular formula is C11H14N2O4S. The van der Waals surface area contributed by atoms with Crippen LogP contribution in [0.5, 0.6) is 0 Å². The molecule has 0 spiro atoms. The van der Waals surface area contributed by atoms with Gasteiger partial charge in [0.2, 0.25) is 0 Å². The fourth-order valence-corrected chi connectivity index (χ4v) is 3.79. The van der Waals surface area contributed by atoms with E-state index in [9.17, 15) is 18.0 Å². The summed E-state index contributed by atoms with van der Waals surface area (Å²) in [6, 6.07) is 0.925. The lowest BCUT2D eigenvalue weighted by atomic mass is 10.2. The lowest BCUT2D eigenvalue weighted by Gasteiger charge is -2.22. The molecule has 2 rings (SSSR count). The van der Waals surface area contributed by atoms with E-state index in [-0.39, 0.29) is 28.5 Å². The first-order valence-electron chi connectivity index (χ1n) is 5.55. The summed E-state index contributed by atoms with van der Waals surface area (Å²) in [5, 5.41) is 0. The van der Waals surface area contributed by atoms with Gasteiger partial charge in [0.25, 0.3) is 5.91 Å². The maximum atomic E-state index is 12.1. The second kappa shape index (κ2) is 4.56. The summed E-state index contributed by atoms with van der Waals surface area (Å²) >= 11 is 0. The molecule has 1 fully saturated rings. The number of aromatic nitrogens is 1. The van der Waals surface area contributed by atoms with Crippen molar-refractivity contribution in [1.29, 1.82) is 0 Å². The molecule has 1 aromatic heterocycles. The number of carbonyl (C=O) groups is 1. The summed E-state index contributed by atoms with van der Waals surface area (Å²) in [6.07, 6.45) is 3.21. The molecule has 0 saturated carbocycles. The van der Waals surface area contributed by atoms with Gasteiger partial charge < -0.3 is 9.88 Å². The van der Waals surface area contributed by atoms with Gasteiger partial charge in [0.05, 0.1) is 11.5 Å². The lowest BCUT2D eigenvalue weighted by Crippen LogP contribution is -2.39. The largest absolute Gasteiger partial charge is 0.367 e. The van der Waals surface area contributed by atoms with Gasteiger partial charge in [-0.1, -0.05) is 0 Å². The van der Waals surface area contributed by atoms with E-state index < -0.39 is 15.7 Å². The minimum Gasteiger partial charge on any atom is -0.367 e. The van der Waals surface area contributed by atoms with E-state index in [1.165, 1.54) is 30.4 Å². The van der Waals surface area contributed by atoms with E-state index >= 15 is 0 Å². The van der Waals surface area contributed by atoms with Crippen LogP contribution < -0.4 is 5.43 Å². The van der Waals surface area contributed by atoms with Crippen LogP contribution in [-0.2, 0) is 9.84 Å². The van der Waals surface area contributed by atoms with Crippen LogP contribution in [-0.4, -0.2) is 48.8 Å². The Morgan fingerprint density at radius 1 is 1.50 bits per heavy atom. The summed E-state index contributed by atoms with van der Waals surface area (Å²) < 4.78 is 22.7. The Morgan fingerprint density at radius 2 is 2.22 bits per heavy atom. The van der Waals surface area contributed by atoms with Crippen molar-refractivity contribution in [2.45, 2.75) is 12.5 Å². The molecule has 6 nitrogen and oxygen atoms in total. The van der Waals surface area contributed by atoms with Crippen molar-refractivity contribution >= 4 is 15.7 Å². The van der Waals surface area contributed by atoms with E-state index in [1.807, 2.05) is 0 Å². The summed E-state index contributed by atoms with van der Waals surface area (Å²) in [4.78, 5) is 27.6. The fourth-order valence-electron chi connectivity index (χ4n) is 2.02. The Morgan fingerprint density at radius 3 is 2.78 bits per heavy atom. The molecule has 1 atom stereocenters. The monoisotopic (exact) mass is 270 g/mol. The number of sulfone groups is 1. The molecule has 0 bridgehead atoms. The van der Waals surface area contributed by atoms with E-state index in [2.05, 4.69) is 4.98 Å². The van der Waals surface area contributed by atoms with Crippen LogP contribution in [0, 0.1) is 0 Å². The van der Waals surface area contributed by atoms with Crippen molar-refractivity contribution in [3.05, 3.63) is 34.2 Å². The minimum absolute atomic E-state index is 0.0278. The number of H-pyrrole nitrogens is 1. The quantitative estimate of drug-likeness (QED) is 0.794. The van der Waals surface area contributed by atoms with E-state index in [0.717, 1.165) is 0 Å². The van der Waals surface area contributed by atoms with Gasteiger partial charge in [-0.3, -0.25) is 9.59 Å². The highest BCUT2D eigenvalue weighted by Gasteiger charge is 2.33. The summed E-state index contributed by atoms with van der Waals surface area (Å²) in [5.41, 5.74) is -0.337. The van der Waals surface area contributed by atoms with Crippen LogP contribution in [0.3, 0.4) is 0 Å². The first-order chi connectivity index (χ1) is 8.41. The number of nitrogens with one attached hydrogen (secondary N) is 1. The van der Waals surface area contributed by atoms with E-state index in [4.69, 9.17) is 0 Å². The number of carbonyl (C=O) groups excluding carboxylic acids is 1. The van der Waals surface area contributed by atoms with E-state index in [1.54, 1.807) is 0 Å². The van der Waals surface area contributed by atoms with Crippen molar-refractivity contribution in [2.24, 2.45) is 0 Å². The number of aromatic amines is 1. The number of rotatable bonds is 2. The molecule has 1 saturated heterocycles. The van der Waals surface area contributed by atoms with Crippen LogP contribution in [0.15, 0.2) is 23.3 Å². The molecule has 1 aromatic rings. The summed E-state index contributed by atoms with van der Waals surface area (Å²) in [5.74, 6) is -0.376. The van der Waals surface area contributed by atoms with Gasteiger partial charge >= 0.3 is 0 Å². The van der Waals surface area contributed by atoms with Crippen LogP contribution in [0.4, 0.5) is 0 Å². The number of hydrogen-bond donors (Lipinski definition) is 1. The van der Waals surface area contributed by atoms with Gasteiger partial charge in [-0.15, -0.1) is 0 Å². The average molecular weight is 270 g/mol. The smallest absolute Gasteiger partial charge is 0.259 e. The normalized spacial score (nSPS) is 21.7. The zero-order valence-electron chi connectivity index (χ0n) is 9.92. The van der Waals surface area contributed by atoms with Gasteiger partial charge in [0.1, 0.15) is 5.56 Å². The first kappa shape index (κ1) is 12.8. The van der Waals surface area contributed by atoms with Gasteiger partial charge in [-0.25, -0.2) is 8.42 Å². The number of nitrogens with zero attached hydrogens (tertiary/aromatic N) is 1. The molecule has 18 heavy (non-hydrogen) atoms. The summed E-state index contributed by atoms with van der Waals surface area (Å²) in [7, 11) is -1.52. The van der Waals surface area contributed by atoms with Crippen LogP contribution in [0.2, 0.25) is 0 Å². The second-order valence-corrected chi connectivity index (χ2v) is 6.62. The van der Waals surface area contributed by atoms with Gasteiger partial charge in [-0.05, 0) is 6.42 Å². The summed E-state index contributed by atoms with van der Waals surface area (Å²) in [6.45, 7) is 0. The molecule has 98 valence electrons. The standard InChI is InChI=1S/C11H14N2O4S/c1-13(8-3-5-18(16,17)7-8)11(15)9-6-12-4-2-10(9)14/h2,4,6,8H,3,5,7H2,1H3,(H,12,14). The van der Waals surface area contributed by atoms with Gasteiger partial charge in [0.15, 0.2) is 15.3 Å². The van der Waals surface area contributed by atoms with Crippen molar-refractivity contribution in [3.8, 4) is 0 Å². The predicted octanol–water partition coefficient (Wildman–Crippen LogP) is -0.366. The first-order valence-corrected chi connectivity index (χ1v) is 7.37. The third-order valence-electron chi connectivity index (χ3n) is 3.13. The maximum Gasteiger partial charge on any atom is 0.259 e. The topological polar surface area (TPSA) is 87.3 Å². The van der Waals surface area contributed by atoms with Gasteiger partial charge in [-0.2, -0.15) is 0 Å².